The molecule has 0 aromatic carbocycles. The van der Waals surface area contributed by atoms with E-state index in [1.807, 2.05) is 11.0 Å². The molecule has 22 heteroatoms. The zero-order valence-electron chi connectivity index (χ0n) is 34.5. The molecule has 0 bridgehead atoms. The summed E-state index contributed by atoms with van der Waals surface area (Å²) < 4.78 is 62.2. The van der Waals surface area contributed by atoms with Gasteiger partial charge in [-0.2, -0.15) is 19.9 Å². The zero-order chi connectivity index (χ0) is 43.3. The van der Waals surface area contributed by atoms with E-state index >= 15 is 0 Å². The van der Waals surface area contributed by atoms with E-state index in [4.69, 9.17) is 4.74 Å². The number of H-pyrrole nitrogens is 1. The average molecular weight is 857 g/mol. The molecule has 0 unspecified atom stereocenters. The van der Waals surface area contributed by atoms with E-state index < -0.39 is 11.8 Å². The summed E-state index contributed by atoms with van der Waals surface area (Å²) in [6.07, 6.45) is 4.13. The van der Waals surface area contributed by atoms with Crippen molar-refractivity contribution in [2.24, 2.45) is 0 Å². The minimum Gasteiger partial charge on any atom is -0.480 e. The van der Waals surface area contributed by atoms with Gasteiger partial charge < -0.3 is 35.0 Å². The highest BCUT2D eigenvalue weighted by molar-refractivity contribution is 5.74. The van der Waals surface area contributed by atoms with Gasteiger partial charge in [-0.25, -0.2) is 26.9 Å². The number of nitrogens with one attached hydrogen (secondary N) is 3. The standard InChI is InChI=1S/C20H27F2N7O2.C19H25F2N7O2/c1-14(30)27-9-11-28(12-10-27)16-13-17(29-8-5-18(26-29)31-2)25-19(24-16)23-15-3-6-20(21,22)7-4-15;1-13(29)26-8-10-27(11-9-26)15-12-16(28-7-4-17(30)25-28)24-18(23-15)22-14-2-5-19(20,21)6-3-14/h5,8,13,15H,3-4,6-7,9-12H2,1-2H3,(H,23,24,25);4,7,12,14H,2-3,5-6,8-11H2,1H3,(H,25,30)(H,22,23,24). The van der Waals surface area contributed by atoms with Gasteiger partial charge in [-0.05, 0) is 25.7 Å². The molecule has 0 atom stereocenters. The Hall–Kier alpha value is -5.96. The van der Waals surface area contributed by atoms with Gasteiger partial charge in [0.2, 0.25) is 41.4 Å². The summed E-state index contributed by atoms with van der Waals surface area (Å²) in [5, 5.41) is 13.4. The first-order chi connectivity index (χ1) is 29.1. The molecule has 330 valence electrons. The van der Waals surface area contributed by atoms with Crippen LogP contribution in [0.5, 0.6) is 5.88 Å². The smallest absolute Gasteiger partial charge is 0.264 e. The topological polar surface area (TPSA) is 188 Å². The molecule has 0 radical (unpaired) electrons. The highest BCUT2D eigenvalue weighted by Crippen LogP contribution is 2.35. The summed E-state index contributed by atoms with van der Waals surface area (Å²) in [5.41, 5.74) is -0.255. The van der Waals surface area contributed by atoms with Gasteiger partial charge in [0.1, 0.15) is 11.6 Å². The normalized spacial score (nSPS) is 19.5. The van der Waals surface area contributed by atoms with Crippen molar-refractivity contribution < 1.29 is 31.9 Å². The van der Waals surface area contributed by atoms with Crippen LogP contribution in [0.1, 0.15) is 65.2 Å². The zero-order valence-corrected chi connectivity index (χ0v) is 34.5. The van der Waals surface area contributed by atoms with Crippen LogP contribution in [-0.2, 0) is 9.59 Å². The van der Waals surface area contributed by atoms with Gasteiger partial charge in [0, 0.05) is 141 Å². The van der Waals surface area contributed by atoms with Crippen LogP contribution >= 0.6 is 0 Å². The summed E-state index contributed by atoms with van der Waals surface area (Å²) >= 11 is 0. The molecule has 2 aliphatic heterocycles. The summed E-state index contributed by atoms with van der Waals surface area (Å²) in [7, 11) is 1.54. The molecule has 2 saturated carbocycles. The second-order valence-electron chi connectivity index (χ2n) is 15.8. The van der Waals surface area contributed by atoms with Gasteiger partial charge in [-0.1, -0.05) is 0 Å². The molecule has 2 aliphatic carbocycles. The summed E-state index contributed by atoms with van der Waals surface area (Å²) in [5.74, 6) is -1.55. The molecule has 0 spiro atoms. The van der Waals surface area contributed by atoms with Crippen LogP contribution in [0.4, 0.5) is 41.1 Å². The van der Waals surface area contributed by atoms with E-state index in [-0.39, 0.29) is 55.1 Å². The Labute approximate surface area is 349 Å². The Kier molecular flexibility index (Phi) is 13.0. The van der Waals surface area contributed by atoms with E-state index in [2.05, 4.69) is 45.7 Å². The molecular formula is C39H52F4N14O4. The number of nitrogens with zero attached hydrogens (tertiary/aromatic N) is 11. The number of aromatic amines is 1. The maximum Gasteiger partial charge on any atom is 0.264 e. The van der Waals surface area contributed by atoms with E-state index in [0.29, 0.717) is 119 Å². The van der Waals surface area contributed by atoms with E-state index in [1.54, 1.807) is 60.0 Å². The number of hydrogen-bond donors (Lipinski definition) is 3. The number of halogens is 4. The number of alkyl halides is 4. The van der Waals surface area contributed by atoms with Crippen LogP contribution in [0.15, 0.2) is 41.5 Å². The third-order valence-corrected chi connectivity index (χ3v) is 11.5. The third kappa shape index (κ3) is 11.3. The number of hydrogen-bond acceptors (Lipinski definition) is 13. The largest absolute Gasteiger partial charge is 0.480 e. The Balaban J connectivity index is 0.000000184. The van der Waals surface area contributed by atoms with Gasteiger partial charge in [-0.3, -0.25) is 19.5 Å². The van der Waals surface area contributed by atoms with Crippen molar-refractivity contribution in [1.82, 2.24) is 49.3 Å². The van der Waals surface area contributed by atoms with Crippen molar-refractivity contribution in [3.8, 4) is 17.5 Å². The van der Waals surface area contributed by atoms with Crippen LogP contribution in [0, 0.1) is 0 Å². The van der Waals surface area contributed by atoms with Crippen molar-refractivity contribution in [3.63, 3.8) is 0 Å². The van der Waals surface area contributed by atoms with E-state index in [9.17, 15) is 31.9 Å². The van der Waals surface area contributed by atoms with E-state index in [1.165, 1.54) is 10.7 Å². The second kappa shape index (κ2) is 18.3. The van der Waals surface area contributed by atoms with Crippen LogP contribution < -0.4 is 30.7 Å². The van der Waals surface area contributed by atoms with Crippen LogP contribution in [0.3, 0.4) is 0 Å². The highest BCUT2D eigenvalue weighted by Gasteiger charge is 2.36. The van der Waals surface area contributed by atoms with Crippen molar-refractivity contribution in [3.05, 3.63) is 47.0 Å². The molecule has 4 aromatic heterocycles. The first-order valence-electron chi connectivity index (χ1n) is 20.6. The summed E-state index contributed by atoms with van der Waals surface area (Å²) in [6, 6.07) is 6.47. The molecule has 3 N–H and O–H groups in total. The maximum absolute atomic E-state index is 13.5. The van der Waals surface area contributed by atoms with Crippen molar-refractivity contribution in [2.75, 3.05) is 79.9 Å². The minimum absolute atomic E-state index is 0.0411. The average Bonchev–Trinajstić information content (AvgIpc) is 3.92. The number of rotatable bonds is 9. The van der Waals surface area contributed by atoms with Gasteiger partial charge >= 0.3 is 0 Å². The maximum atomic E-state index is 13.5. The minimum atomic E-state index is -2.60. The van der Waals surface area contributed by atoms with Crippen molar-refractivity contribution >= 4 is 35.3 Å². The lowest BCUT2D eigenvalue weighted by Crippen LogP contribution is -2.48. The highest BCUT2D eigenvalue weighted by atomic mass is 19.3. The van der Waals surface area contributed by atoms with Crippen LogP contribution in [-0.4, -0.2) is 145 Å². The SMILES string of the molecule is CC(=O)N1CCN(c2cc(-n3ccc(=O)[nH]3)nc(NC3CCC(F)(F)CC3)n2)CC1.COc1ccn(-c2cc(N3CCN(C(C)=O)CC3)nc(NC3CCC(F)(F)CC3)n2)n1. The fourth-order valence-corrected chi connectivity index (χ4v) is 7.79. The lowest BCUT2D eigenvalue weighted by atomic mass is 9.92. The summed E-state index contributed by atoms with van der Waals surface area (Å²) in [4.78, 5) is 60.8. The van der Waals surface area contributed by atoms with Crippen molar-refractivity contribution in [1.29, 1.82) is 0 Å². The van der Waals surface area contributed by atoms with Gasteiger partial charge in [0.05, 0.1) is 7.11 Å². The van der Waals surface area contributed by atoms with Gasteiger partial charge in [0.25, 0.3) is 5.56 Å². The van der Waals surface area contributed by atoms with E-state index in [0.717, 1.165) is 0 Å². The Morgan fingerprint density at radius 1 is 0.672 bits per heavy atom. The number of methoxy groups -OCH3 is 1. The monoisotopic (exact) mass is 856 g/mol. The predicted molar refractivity (Wildman–Crippen MR) is 218 cm³/mol. The molecular weight excluding hydrogens is 805 g/mol. The molecule has 4 aliphatic rings. The fourth-order valence-electron chi connectivity index (χ4n) is 7.79. The Bertz CT molecular complexity index is 2180. The first kappa shape index (κ1) is 43.1. The quantitative estimate of drug-likeness (QED) is 0.206. The lowest BCUT2D eigenvalue weighted by Gasteiger charge is -2.35. The number of carbonyl (C=O) groups excluding carboxylic acids is 2. The number of amides is 2. The van der Waals surface area contributed by atoms with Gasteiger partial charge in [-0.15, -0.1) is 5.10 Å². The number of ether oxygens (including phenoxy) is 1. The van der Waals surface area contributed by atoms with Gasteiger partial charge in [0.15, 0.2) is 11.6 Å². The number of piperazine rings is 2. The molecule has 4 fully saturated rings. The third-order valence-electron chi connectivity index (χ3n) is 11.5. The first-order valence-corrected chi connectivity index (χ1v) is 20.6. The Morgan fingerprint density at radius 3 is 1.52 bits per heavy atom. The molecule has 18 nitrogen and oxygen atoms in total. The number of carbonyl (C=O) groups is 2. The molecule has 6 heterocycles. The number of anilines is 4. The molecule has 2 saturated heterocycles. The van der Waals surface area contributed by atoms with Crippen molar-refractivity contribution in [2.45, 2.75) is 89.1 Å². The fraction of sp³-hybridized carbons (Fsp3) is 0.590. The predicted octanol–water partition coefficient (Wildman–Crippen LogP) is 3.94. The molecule has 4 aromatic rings. The summed E-state index contributed by atoms with van der Waals surface area (Å²) in [6.45, 7) is 8.07. The second-order valence-corrected chi connectivity index (χ2v) is 15.8. The molecule has 8 rings (SSSR count). The molecule has 61 heavy (non-hydrogen) atoms. The Morgan fingerprint density at radius 2 is 1.11 bits per heavy atom. The molecule has 2 amide bonds. The lowest BCUT2D eigenvalue weighted by molar-refractivity contribution is -0.129. The van der Waals surface area contributed by atoms with Crippen LogP contribution in [0.25, 0.3) is 11.6 Å². The number of aromatic nitrogens is 8. The van der Waals surface area contributed by atoms with Crippen LogP contribution in [0.2, 0.25) is 0 Å².